The lowest BCUT2D eigenvalue weighted by atomic mass is 10.4. The van der Waals surface area contributed by atoms with E-state index in [1.165, 1.54) is 29.6 Å². The van der Waals surface area contributed by atoms with Crippen LogP contribution in [0.3, 0.4) is 0 Å². The van der Waals surface area contributed by atoms with Crippen molar-refractivity contribution in [2.45, 2.75) is 6.92 Å². The second-order valence-corrected chi connectivity index (χ2v) is 5.40. The minimum atomic E-state index is -0.111. The molecule has 0 fully saturated rings. The zero-order valence-corrected chi connectivity index (χ0v) is 10.2. The highest BCUT2D eigenvalue weighted by atomic mass is 35.5. The molecule has 1 amide bonds. The molecule has 0 spiro atoms. The van der Waals surface area contributed by atoms with Crippen molar-refractivity contribution in [3.05, 3.63) is 21.8 Å². The predicted molar refractivity (Wildman–Crippen MR) is 64.7 cm³/mol. The number of halogens is 1. The van der Waals surface area contributed by atoms with E-state index in [1.54, 1.807) is 0 Å². The predicted octanol–water partition coefficient (Wildman–Crippen LogP) is 3.48. The third-order valence-corrected chi connectivity index (χ3v) is 3.62. The molecule has 2 heterocycles. The fraction of sp³-hybridized carbons (Fsp3) is 0.111. The topological polar surface area (TPSA) is 42.0 Å². The lowest BCUT2D eigenvalue weighted by Crippen LogP contribution is -2.04. The van der Waals surface area contributed by atoms with E-state index < -0.39 is 0 Å². The zero-order valence-electron chi connectivity index (χ0n) is 7.78. The first-order valence-corrected chi connectivity index (χ1v) is 6.21. The maximum atomic E-state index is 10.8. The highest BCUT2D eigenvalue weighted by Crippen LogP contribution is 2.32. The van der Waals surface area contributed by atoms with Gasteiger partial charge >= 0.3 is 0 Å². The van der Waals surface area contributed by atoms with Gasteiger partial charge in [0.05, 0.1) is 14.9 Å². The molecule has 0 aromatic carbocycles. The minimum absolute atomic E-state index is 0.111. The third-order valence-electron chi connectivity index (χ3n) is 1.61. The van der Waals surface area contributed by atoms with Crippen molar-refractivity contribution < 1.29 is 4.79 Å². The molecule has 0 radical (unpaired) electrons. The van der Waals surface area contributed by atoms with Crippen molar-refractivity contribution >= 4 is 45.3 Å². The summed E-state index contributed by atoms with van der Waals surface area (Å²) in [7, 11) is 0. The van der Waals surface area contributed by atoms with E-state index in [-0.39, 0.29) is 5.91 Å². The largest absolute Gasteiger partial charge is 0.302 e. The number of carbonyl (C=O) groups excluding carboxylic acids is 1. The Kier molecular flexibility index (Phi) is 3.04. The second-order valence-electron chi connectivity index (χ2n) is 2.82. The molecule has 2 rings (SSSR count). The monoisotopic (exact) mass is 258 g/mol. The van der Waals surface area contributed by atoms with Crippen molar-refractivity contribution in [2.75, 3.05) is 5.32 Å². The Bertz CT molecular complexity index is 492. The van der Waals surface area contributed by atoms with Crippen LogP contribution < -0.4 is 5.32 Å². The number of amides is 1. The second kappa shape index (κ2) is 4.30. The van der Waals surface area contributed by atoms with Gasteiger partial charge in [0.1, 0.15) is 0 Å². The number of carbonyl (C=O) groups is 1. The van der Waals surface area contributed by atoms with Crippen LogP contribution in [0.15, 0.2) is 17.5 Å². The van der Waals surface area contributed by atoms with Gasteiger partial charge in [0.15, 0.2) is 5.13 Å². The molecule has 0 saturated carbocycles. The van der Waals surface area contributed by atoms with Crippen molar-refractivity contribution in [2.24, 2.45) is 0 Å². The number of thiophene rings is 1. The van der Waals surface area contributed by atoms with E-state index in [2.05, 4.69) is 10.3 Å². The minimum Gasteiger partial charge on any atom is -0.302 e. The van der Waals surface area contributed by atoms with Crippen molar-refractivity contribution in [3.63, 3.8) is 0 Å². The molecule has 0 unspecified atom stereocenters. The molecular weight excluding hydrogens is 252 g/mol. The number of hydrogen-bond donors (Lipinski definition) is 1. The summed E-state index contributed by atoms with van der Waals surface area (Å²) in [6.07, 6.45) is 0. The van der Waals surface area contributed by atoms with Gasteiger partial charge in [-0.3, -0.25) is 4.79 Å². The van der Waals surface area contributed by atoms with Crippen LogP contribution in [0.5, 0.6) is 0 Å². The molecule has 2 aromatic heterocycles. The Morgan fingerprint density at radius 1 is 1.53 bits per heavy atom. The molecule has 6 heteroatoms. The molecule has 0 aliphatic carbocycles. The van der Waals surface area contributed by atoms with Gasteiger partial charge in [-0.05, 0) is 12.1 Å². The number of aromatic nitrogens is 1. The fourth-order valence-corrected chi connectivity index (χ4v) is 2.88. The van der Waals surface area contributed by atoms with E-state index in [9.17, 15) is 4.79 Å². The highest BCUT2D eigenvalue weighted by molar-refractivity contribution is 7.20. The Balaban J connectivity index is 2.23. The first-order valence-electron chi connectivity index (χ1n) is 4.14. The van der Waals surface area contributed by atoms with Gasteiger partial charge in [0.25, 0.3) is 0 Å². The molecule has 78 valence electrons. The molecule has 0 atom stereocenters. The van der Waals surface area contributed by atoms with Gasteiger partial charge in [-0.2, -0.15) is 0 Å². The standard InChI is InChI=1S/C9H7ClN2OS2/c1-5(13)11-9-12-6(4-14-9)7-2-3-8(10)15-7/h2-4H,1H3,(H,11,12,13). The van der Waals surface area contributed by atoms with Crippen LogP contribution in [0.4, 0.5) is 5.13 Å². The van der Waals surface area contributed by atoms with E-state index in [1.807, 2.05) is 17.5 Å². The molecule has 1 N–H and O–H groups in total. The van der Waals surface area contributed by atoms with Gasteiger partial charge in [-0.1, -0.05) is 11.6 Å². The number of rotatable bonds is 2. The van der Waals surface area contributed by atoms with Gasteiger partial charge in [-0.25, -0.2) is 4.98 Å². The van der Waals surface area contributed by atoms with Gasteiger partial charge < -0.3 is 5.32 Å². The van der Waals surface area contributed by atoms with E-state index in [0.717, 1.165) is 14.9 Å². The number of anilines is 1. The summed E-state index contributed by atoms with van der Waals surface area (Å²) in [6.45, 7) is 1.46. The molecule has 0 aliphatic rings. The molecule has 2 aromatic rings. The molecule has 15 heavy (non-hydrogen) atoms. The average molecular weight is 259 g/mol. The average Bonchev–Trinajstić information content (AvgIpc) is 2.72. The first-order chi connectivity index (χ1) is 7.15. The van der Waals surface area contributed by atoms with E-state index >= 15 is 0 Å². The maximum absolute atomic E-state index is 10.8. The smallest absolute Gasteiger partial charge is 0.223 e. The number of thiazole rings is 1. The molecule has 0 aliphatic heterocycles. The molecule has 0 bridgehead atoms. The van der Waals surface area contributed by atoms with Crippen LogP contribution in [-0.2, 0) is 4.79 Å². The molecular formula is C9H7ClN2OS2. The summed E-state index contributed by atoms with van der Waals surface area (Å²) in [5.74, 6) is -0.111. The summed E-state index contributed by atoms with van der Waals surface area (Å²) in [5, 5.41) is 5.15. The van der Waals surface area contributed by atoms with Crippen molar-refractivity contribution in [3.8, 4) is 10.6 Å². The normalized spacial score (nSPS) is 10.3. The molecule has 3 nitrogen and oxygen atoms in total. The van der Waals surface area contributed by atoms with Crippen molar-refractivity contribution in [1.29, 1.82) is 0 Å². The zero-order chi connectivity index (χ0) is 10.8. The van der Waals surface area contributed by atoms with Crippen LogP contribution in [0.25, 0.3) is 10.6 Å². The number of nitrogens with zero attached hydrogens (tertiary/aromatic N) is 1. The Hall–Kier alpha value is -0.910. The molecule has 0 saturated heterocycles. The number of hydrogen-bond acceptors (Lipinski definition) is 4. The Labute approximate surface area is 99.7 Å². The van der Waals surface area contributed by atoms with Crippen LogP contribution in [-0.4, -0.2) is 10.9 Å². The lowest BCUT2D eigenvalue weighted by Gasteiger charge is -1.92. The SMILES string of the molecule is CC(=O)Nc1nc(-c2ccc(Cl)s2)cs1. The Morgan fingerprint density at radius 2 is 2.33 bits per heavy atom. The van der Waals surface area contributed by atoms with Crippen LogP contribution in [0.2, 0.25) is 4.34 Å². The van der Waals surface area contributed by atoms with Gasteiger partial charge in [-0.15, -0.1) is 22.7 Å². The van der Waals surface area contributed by atoms with Gasteiger partial charge in [0, 0.05) is 12.3 Å². The third kappa shape index (κ3) is 2.56. The van der Waals surface area contributed by atoms with Crippen LogP contribution >= 0.6 is 34.3 Å². The fourth-order valence-electron chi connectivity index (χ4n) is 1.05. The number of nitrogens with one attached hydrogen (secondary N) is 1. The summed E-state index contributed by atoms with van der Waals surface area (Å²) in [5.41, 5.74) is 0.848. The lowest BCUT2D eigenvalue weighted by molar-refractivity contribution is -0.114. The van der Waals surface area contributed by atoms with Crippen LogP contribution in [0, 0.1) is 0 Å². The Morgan fingerprint density at radius 3 is 2.93 bits per heavy atom. The van der Waals surface area contributed by atoms with Crippen molar-refractivity contribution in [1.82, 2.24) is 4.98 Å². The van der Waals surface area contributed by atoms with E-state index in [4.69, 9.17) is 11.6 Å². The quantitative estimate of drug-likeness (QED) is 0.896. The van der Waals surface area contributed by atoms with Crippen LogP contribution in [0.1, 0.15) is 6.92 Å². The summed E-state index contributed by atoms with van der Waals surface area (Å²) in [6, 6.07) is 3.75. The van der Waals surface area contributed by atoms with Gasteiger partial charge in [0.2, 0.25) is 5.91 Å². The van der Waals surface area contributed by atoms with E-state index in [0.29, 0.717) is 5.13 Å². The maximum Gasteiger partial charge on any atom is 0.223 e. The summed E-state index contributed by atoms with van der Waals surface area (Å²) >= 11 is 8.70. The summed E-state index contributed by atoms with van der Waals surface area (Å²) < 4.78 is 0.735. The highest BCUT2D eigenvalue weighted by Gasteiger charge is 2.07. The summed E-state index contributed by atoms with van der Waals surface area (Å²) in [4.78, 5) is 16.1. The first kappa shape index (κ1) is 10.6.